The topological polar surface area (TPSA) is 38.9 Å². The van der Waals surface area contributed by atoms with Crippen molar-refractivity contribution in [3.8, 4) is 0 Å². The average molecular weight is 210 g/mol. The van der Waals surface area contributed by atoms with Crippen LogP contribution in [0.25, 0.3) is 0 Å². The Hall–Kier alpha value is -0.410. The Kier molecular flexibility index (Phi) is 2.88. The van der Waals surface area contributed by atoms with Gasteiger partial charge in [0, 0.05) is 17.3 Å². The van der Waals surface area contributed by atoms with Gasteiger partial charge in [-0.25, -0.2) is 4.98 Å². The standard InChI is InChI=1S/C11H18N2S/c1-7(12)11-8(2)14-10(13-11)6-9-4-3-5-9/h7,9H,3-6,12H2,1-2H3. The van der Waals surface area contributed by atoms with Gasteiger partial charge in [-0.05, 0) is 19.8 Å². The highest BCUT2D eigenvalue weighted by molar-refractivity contribution is 7.11. The number of nitrogens with zero attached hydrogens (tertiary/aromatic N) is 1. The summed E-state index contributed by atoms with van der Waals surface area (Å²) in [5.74, 6) is 0.904. The Morgan fingerprint density at radius 1 is 1.57 bits per heavy atom. The van der Waals surface area contributed by atoms with Crippen LogP contribution in [0.3, 0.4) is 0 Å². The lowest BCUT2D eigenvalue weighted by Crippen LogP contribution is -2.13. The van der Waals surface area contributed by atoms with E-state index < -0.39 is 0 Å². The van der Waals surface area contributed by atoms with Crippen molar-refractivity contribution in [2.24, 2.45) is 11.7 Å². The van der Waals surface area contributed by atoms with Gasteiger partial charge in [0.05, 0.1) is 10.7 Å². The fourth-order valence-electron chi connectivity index (χ4n) is 1.92. The molecule has 1 aromatic heterocycles. The van der Waals surface area contributed by atoms with E-state index in [2.05, 4.69) is 11.9 Å². The molecule has 1 aromatic rings. The lowest BCUT2D eigenvalue weighted by atomic mass is 9.83. The van der Waals surface area contributed by atoms with Crippen molar-refractivity contribution in [2.75, 3.05) is 0 Å². The lowest BCUT2D eigenvalue weighted by molar-refractivity contribution is 0.314. The monoisotopic (exact) mass is 210 g/mol. The summed E-state index contributed by atoms with van der Waals surface area (Å²) in [5.41, 5.74) is 6.95. The first-order valence-electron chi connectivity index (χ1n) is 5.38. The van der Waals surface area contributed by atoms with E-state index in [1.807, 2.05) is 18.3 Å². The van der Waals surface area contributed by atoms with Crippen LogP contribution in [0.4, 0.5) is 0 Å². The fraction of sp³-hybridized carbons (Fsp3) is 0.727. The molecule has 0 radical (unpaired) electrons. The molecule has 2 nitrogen and oxygen atoms in total. The summed E-state index contributed by atoms with van der Waals surface area (Å²) >= 11 is 1.83. The number of aryl methyl sites for hydroxylation is 1. The Labute approximate surface area is 89.5 Å². The molecule has 0 amide bonds. The van der Waals surface area contributed by atoms with Gasteiger partial charge in [0.25, 0.3) is 0 Å². The second-order valence-corrected chi connectivity index (χ2v) is 5.63. The quantitative estimate of drug-likeness (QED) is 0.833. The van der Waals surface area contributed by atoms with Crippen LogP contribution in [0.5, 0.6) is 0 Å². The van der Waals surface area contributed by atoms with Crippen molar-refractivity contribution in [3.05, 3.63) is 15.6 Å². The number of hydrogen-bond acceptors (Lipinski definition) is 3. The van der Waals surface area contributed by atoms with Crippen molar-refractivity contribution in [1.29, 1.82) is 0 Å². The van der Waals surface area contributed by atoms with Gasteiger partial charge in [0.15, 0.2) is 0 Å². The molecular formula is C11H18N2S. The smallest absolute Gasteiger partial charge is 0.0934 e. The summed E-state index contributed by atoms with van der Waals surface area (Å²) in [5, 5.41) is 1.29. The van der Waals surface area contributed by atoms with E-state index in [4.69, 9.17) is 5.73 Å². The van der Waals surface area contributed by atoms with E-state index in [9.17, 15) is 0 Å². The Balaban J connectivity index is 2.07. The molecule has 0 spiro atoms. The van der Waals surface area contributed by atoms with Crippen LogP contribution in [0.1, 0.15) is 47.8 Å². The molecule has 78 valence electrons. The summed E-state index contributed by atoms with van der Waals surface area (Å²) in [7, 11) is 0. The summed E-state index contributed by atoms with van der Waals surface area (Å²) < 4.78 is 0. The maximum absolute atomic E-state index is 5.85. The van der Waals surface area contributed by atoms with Gasteiger partial charge in [0.2, 0.25) is 0 Å². The Bertz CT molecular complexity index is 313. The number of thiazole rings is 1. The molecule has 1 saturated carbocycles. The molecular weight excluding hydrogens is 192 g/mol. The first kappa shape index (κ1) is 10.1. The van der Waals surface area contributed by atoms with Crippen LogP contribution in [-0.2, 0) is 6.42 Å². The molecule has 14 heavy (non-hydrogen) atoms. The predicted molar refractivity (Wildman–Crippen MR) is 60.5 cm³/mol. The van der Waals surface area contributed by atoms with E-state index in [0.717, 1.165) is 11.6 Å². The number of aromatic nitrogens is 1. The van der Waals surface area contributed by atoms with E-state index in [-0.39, 0.29) is 6.04 Å². The fourth-order valence-corrected chi connectivity index (χ4v) is 3.07. The maximum Gasteiger partial charge on any atom is 0.0934 e. The minimum atomic E-state index is 0.0846. The van der Waals surface area contributed by atoms with Gasteiger partial charge < -0.3 is 5.73 Å². The van der Waals surface area contributed by atoms with Crippen LogP contribution < -0.4 is 5.73 Å². The molecule has 0 saturated heterocycles. The second kappa shape index (κ2) is 3.99. The first-order chi connectivity index (χ1) is 6.66. The van der Waals surface area contributed by atoms with Crippen LogP contribution in [-0.4, -0.2) is 4.98 Å². The molecule has 0 aliphatic heterocycles. The Morgan fingerprint density at radius 2 is 2.29 bits per heavy atom. The molecule has 1 heterocycles. The minimum absolute atomic E-state index is 0.0846. The highest BCUT2D eigenvalue weighted by Gasteiger charge is 2.20. The summed E-state index contributed by atoms with van der Waals surface area (Å²) in [6.45, 7) is 4.13. The van der Waals surface area contributed by atoms with Crippen LogP contribution in [0.2, 0.25) is 0 Å². The molecule has 2 rings (SSSR count). The van der Waals surface area contributed by atoms with Crippen molar-refractivity contribution < 1.29 is 0 Å². The van der Waals surface area contributed by atoms with E-state index >= 15 is 0 Å². The number of nitrogens with two attached hydrogens (primary N) is 1. The third kappa shape index (κ3) is 1.98. The molecule has 2 N–H and O–H groups in total. The van der Waals surface area contributed by atoms with Gasteiger partial charge >= 0.3 is 0 Å². The molecule has 0 bridgehead atoms. The van der Waals surface area contributed by atoms with Gasteiger partial charge in [-0.2, -0.15) is 0 Å². The van der Waals surface area contributed by atoms with Gasteiger partial charge in [-0.15, -0.1) is 11.3 Å². The van der Waals surface area contributed by atoms with Crippen molar-refractivity contribution in [1.82, 2.24) is 4.98 Å². The van der Waals surface area contributed by atoms with E-state index in [1.165, 1.54) is 35.6 Å². The zero-order valence-electron chi connectivity index (χ0n) is 8.92. The number of hydrogen-bond donors (Lipinski definition) is 1. The van der Waals surface area contributed by atoms with Gasteiger partial charge in [-0.1, -0.05) is 19.3 Å². The Morgan fingerprint density at radius 3 is 2.71 bits per heavy atom. The second-order valence-electron chi connectivity index (χ2n) is 4.34. The van der Waals surface area contributed by atoms with Gasteiger partial charge in [0.1, 0.15) is 0 Å². The molecule has 0 aromatic carbocycles. The molecule has 1 aliphatic carbocycles. The highest BCUT2D eigenvalue weighted by atomic mass is 32.1. The molecule has 3 heteroatoms. The normalized spacial score (nSPS) is 19.4. The number of rotatable bonds is 3. The van der Waals surface area contributed by atoms with Crippen molar-refractivity contribution in [3.63, 3.8) is 0 Å². The largest absolute Gasteiger partial charge is 0.323 e. The predicted octanol–water partition coefficient (Wildman–Crippen LogP) is 2.81. The molecule has 1 atom stereocenters. The van der Waals surface area contributed by atoms with E-state index in [1.54, 1.807) is 0 Å². The highest BCUT2D eigenvalue weighted by Crippen LogP contribution is 2.32. The summed E-state index contributed by atoms with van der Waals surface area (Å²) in [4.78, 5) is 5.92. The summed E-state index contributed by atoms with van der Waals surface area (Å²) in [6.07, 6.45) is 5.38. The molecule has 1 fully saturated rings. The van der Waals surface area contributed by atoms with Crippen LogP contribution in [0.15, 0.2) is 0 Å². The van der Waals surface area contributed by atoms with Crippen molar-refractivity contribution in [2.45, 2.75) is 45.6 Å². The summed E-state index contributed by atoms with van der Waals surface area (Å²) in [6, 6.07) is 0.0846. The molecule has 1 aliphatic rings. The van der Waals surface area contributed by atoms with Gasteiger partial charge in [-0.3, -0.25) is 0 Å². The first-order valence-corrected chi connectivity index (χ1v) is 6.20. The zero-order chi connectivity index (χ0) is 10.1. The third-order valence-corrected chi connectivity index (χ3v) is 4.01. The SMILES string of the molecule is Cc1sc(CC2CCC2)nc1C(C)N. The van der Waals surface area contributed by atoms with E-state index in [0.29, 0.717) is 0 Å². The van der Waals surface area contributed by atoms with Crippen LogP contribution >= 0.6 is 11.3 Å². The zero-order valence-corrected chi connectivity index (χ0v) is 9.73. The average Bonchev–Trinajstić information content (AvgIpc) is 2.39. The van der Waals surface area contributed by atoms with Crippen LogP contribution in [0, 0.1) is 12.8 Å². The third-order valence-electron chi connectivity index (χ3n) is 3.00. The molecule has 1 unspecified atom stereocenters. The minimum Gasteiger partial charge on any atom is -0.323 e. The maximum atomic E-state index is 5.85. The lowest BCUT2D eigenvalue weighted by Gasteiger charge is -2.23. The van der Waals surface area contributed by atoms with Crippen molar-refractivity contribution >= 4 is 11.3 Å².